The van der Waals surface area contributed by atoms with Gasteiger partial charge in [0.2, 0.25) is 0 Å². The van der Waals surface area contributed by atoms with Crippen molar-refractivity contribution in [3.8, 4) is 0 Å². The van der Waals surface area contributed by atoms with Crippen LogP contribution in [0.4, 0.5) is 10.1 Å². The van der Waals surface area contributed by atoms with Crippen LogP contribution in [0, 0.1) is 30.5 Å². The quantitative estimate of drug-likeness (QED) is 0.438. The highest BCUT2D eigenvalue weighted by Gasteiger charge is 2.25. The number of fused-ring (bicyclic) bond motifs is 1. The molecule has 3 aliphatic rings. The Bertz CT molecular complexity index is 1100. The van der Waals surface area contributed by atoms with E-state index >= 15 is 4.39 Å². The van der Waals surface area contributed by atoms with Crippen molar-refractivity contribution in [2.45, 2.75) is 65.7 Å². The molecule has 34 heavy (non-hydrogen) atoms. The summed E-state index contributed by atoms with van der Waals surface area (Å²) in [4.78, 5) is 12.2. The predicted octanol–water partition coefficient (Wildman–Crippen LogP) is 6.93. The Hall–Kier alpha value is -2.33. The Morgan fingerprint density at radius 3 is 2.62 bits per heavy atom. The molecule has 1 unspecified atom stereocenters. The largest absolute Gasteiger partial charge is 0.306 e. The Morgan fingerprint density at radius 1 is 1.18 bits per heavy atom. The molecule has 2 aromatic rings. The monoisotopic (exact) mass is 459 g/mol. The molecule has 0 N–H and O–H groups in total. The molecule has 1 aliphatic heterocycles. The number of allylic oxidation sites excluding steroid dienone is 1. The zero-order valence-electron chi connectivity index (χ0n) is 21.2. The number of hydrogen-bond donors (Lipinski definition) is 0. The maximum absolute atomic E-state index is 15.4. The van der Waals surface area contributed by atoms with Crippen LogP contribution in [0.15, 0.2) is 35.3 Å². The minimum Gasteiger partial charge on any atom is -0.306 e. The van der Waals surface area contributed by atoms with E-state index in [0.717, 1.165) is 65.5 Å². The first-order chi connectivity index (χ1) is 16.4. The van der Waals surface area contributed by atoms with Crippen molar-refractivity contribution in [3.63, 3.8) is 0 Å². The minimum absolute atomic E-state index is 0.228. The zero-order chi connectivity index (χ0) is 23.8. The molecule has 1 aromatic carbocycles. The molecular formula is C30H38FN3. The summed E-state index contributed by atoms with van der Waals surface area (Å²) in [6, 6.07) is 8.13. The van der Waals surface area contributed by atoms with Gasteiger partial charge in [-0.3, -0.25) is 9.98 Å². The lowest BCUT2D eigenvalue weighted by Crippen LogP contribution is -2.34. The van der Waals surface area contributed by atoms with Crippen molar-refractivity contribution >= 4 is 17.0 Å². The van der Waals surface area contributed by atoms with Gasteiger partial charge in [-0.05, 0) is 106 Å². The minimum atomic E-state index is -0.228. The number of aromatic nitrogens is 1. The van der Waals surface area contributed by atoms with Gasteiger partial charge in [-0.25, -0.2) is 4.39 Å². The molecule has 0 amide bonds. The second kappa shape index (κ2) is 9.73. The van der Waals surface area contributed by atoms with Crippen molar-refractivity contribution < 1.29 is 4.39 Å². The highest BCUT2D eigenvalue weighted by atomic mass is 19.1. The van der Waals surface area contributed by atoms with Gasteiger partial charge in [-0.2, -0.15) is 0 Å². The van der Waals surface area contributed by atoms with Crippen LogP contribution in [0.3, 0.4) is 0 Å². The molecule has 0 bridgehead atoms. The van der Waals surface area contributed by atoms with E-state index in [1.54, 1.807) is 6.07 Å². The predicted molar refractivity (Wildman–Crippen MR) is 139 cm³/mol. The van der Waals surface area contributed by atoms with E-state index in [0.29, 0.717) is 17.5 Å². The summed E-state index contributed by atoms with van der Waals surface area (Å²) in [7, 11) is 2.19. The molecule has 1 aromatic heterocycles. The first-order valence-electron chi connectivity index (χ1n) is 13.1. The Morgan fingerprint density at radius 2 is 1.94 bits per heavy atom. The number of aliphatic imine (C=N–C) groups is 1. The summed E-state index contributed by atoms with van der Waals surface area (Å²) in [6.07, 6.45) is 10.6. The summed E-state index contributed by atoms with van der Waals surface area (Å²) in [5.74, 6) is 1.59. The number of halogens is 1. The molecule has 4 heteroatoms. The molecule has 1 saturated carbocycles. The van der Waals surface area contributed by atoms with Gasteiger partial charge in [0.1, 0.15) is 11.5 Å². The normalized spacial score (nSPS) is 20.7. The third kappa shape index (κ3) is 4.75. The molecule has 2 fully saturated rings. The average molecular weight is 460 g/mol. The molecule has 5 rings (SSSR count). The van der Waals surface area contributed by atoms with Crippen LogP contribution >= 0.6 is 0 Å². The number of hydrogen-bond acceptors (Lipinski definition) is 3. The first kappa shape index (κ1) is 23.4. The number of likely N-dealkylation sites (tertiary alicyclic amines) is 1. The number of rotatable bonds is 6. The van der Waals surface area contributed by atoms with Gasteiger partial charge in [0.25, 0.3) is 0 Å². The summed E-state index contributed by atoms with van der Waals surface area (Å²) in [5, 5.41) is 0. The van der Waals surface area contributed by atoms with Gasteiger partial charge in [0.05, 0.1) is 5.69 Å². The maximum atomic E-state index is 15.4. The van der Waals surface area contributed by atoms with Crippen LogP contribution < -0.4 is 0 Å². The van der Waals surface area contributed by atoms with Crippen molar-refractivity contribution in [2.24, 2.45) is 22.7 Å². The number of nitrogens with zero attached hydrogens (tertiary/aromatic N) is 3. The lowest BCUT2D eigenvalue weighted by molar-refractivity contribution is 0.200. The summed E-state index contributed by atoms with van der Waals surface area (Å²) in [6.45, 7) is 8.58. The molecule has 0 spiro atoms. The van der Waals surface area contributed by atoms with Crippen molar-refractivity contribution in [1.82, 2.24) is 9.88 Å². The van der Waals surface area contributed by atoms with Gasteiger partial charge in [0.15, 0.2) is 0 Å². The third-order valence-electron chi connectivity index (χ3n) is 8.53. The van der Waals surface area contributed by atoms with E-state index in [1.807, 2.05) is 6.92 Å². The van der Waals surface area contributed by atoms with Crippen LogP contribution in [0.2, 0.25) is 0 Å². The summed E-state index contributed by atoms with van der Waals surface area (Å²) >= 11 is 0. The number of benzene rings is 1. The highest BCUT2D eigenvalue weighted by molar-refractivity contribution is 5.88. The van der Waals surface area contributed by atoms with E-state index in [-0.39, 0.29) is 5.82 Å². The summed E-state index contributed by atoms with van der Waals surface area (Å²) in [5.41, 5.74) is 7.96. The molecule has 2 heterocycles. The third-order valence-corrected chi connectivity index (χ3v) is 8.53. The summed E-state index contributed by atoms with van der Waals surface area (Å²) < 4.78 is 15.4. The van der Waals surface area contributed by atoms with Gasteiger partial charge < -0.3 is 4.90 Å². The molecular weight excluding hydrogens is 421 g/mol. The smallest absolute Gasteiger partial charge is 0.149 e. The van der Waals surface area contributed by atoms with Gasteiger partial charge in [-0.15, -0.1) is 0 Å². The van der Waals surface area contributed by atoms with Crippen molar-refractivity contribution in [3.05, 3.63) is 64.2 Å². The number of pyridine rings is 1. The molecule has 0 radical (unpaired) electrons. The van der Waals surface area contributed by atoms with E-state index in [4.69, 9.17) is 9.98 Å². The fourth-order valence-corrected chi connectivity index (χ4v) is 5.82. The molecule has 1 atom stereocenters. The van der Waals surface area contributed by atoms with Crippen LogP contribution in [0.1, 0.15) is 74.0 Å². The molecule has 1 saturated heterocycles. The van der Waals surface area contributed by atoms with E-state index in [9.17, 15) is 0 Å². The standard InChI is InChI=1S/C30H38FN3/c1-19-16-24(26-10-11-29-27(26)9-8-25(33-29)17-22-6-5-7-22)18-28(31)30(19)32-21(3)20(2)23-12-14-34(4)15-13-23/h8-10,16,18,20,22-23H,5-7,11-15,17H2,1-4H3. The van der Waals surface area contributed by atoms with Gasteiger partial charge in [0, 0.05) is 23.4 Å². The van der Waals surface area contributed by atoms with Crippen LogP contribution in [0.25, 0.3) is 5.57 Å². The van der Waals surface area contributed by atoms with Crippen LogP contribution in [-0.4, -0.2) is 35.7 Å². The van der Waals surface area contributed by atoms with Crippen molar-refractivity contribution in [2.75, 3.05) is 20.1 Å². The van der Waals surface area contributed by atoms with Crippen molar-refractivity contribution in [1.29, 1.82) is 0 Å². The van der Waals surface area contributed by atoms with Crippen LogP contribution in [-0.2, 0) is 12.8 Å². The molecule has 180 valence electrons. The Balaban J connectivity index is 1.34. The zero-order valence-corrected chi connectivity index (χ0v) is 21.2. The highest BCUT2D eigenvalue weighted by Crippen LogP contribution is 2.37. The maximum Gasteiger partial charge on any atom is 0.149 e. The van der Waals surface area contributed by atoms with Gasteiger partial charge in [-0.1, -0.05) is 38.3 Å². The van der Waals surface area contributed by atoms with Gasteiger partial charge >= 0.3 is 0 Å². The Kier molecular flexibility index (Phi) is 6.70. The molecule has 2 aliphatic carbocycles. The second-order valence-electron chi connectivity index (χ2n) is 10.9. The lowest BCUT2D eigenvalue weighted by atomic mass is 9.82. The number of piperidine rings is 1. The SMILES string of the molecule is CC(=Nc1c(C)cc(C2=CCc3nc(CC4CCC4)ccc32)cc1F)C(C)C1CCN(C)CC1. The topological polar surface area (TPSA) is 28.5 Å². The fraction of sp³-hybridized carbons (Fsp3) is 0.533. The number of aryl methyl sites for hydroxylation is 1. The average Bonchev–Trinajstić information content (AvgIpc) is 3.22. The van der Waals surface area contributed by atoms with Crippen LogP contribution in [0.5, 0.6) is 0 Å². The molecule has 3 nitrogen and oxygen atoms in total. The van der Waals surface area contributed by atoms with E-state index in [1.165, 1.54) is 37.8 Å². The Labute approximate surface area is 204 Å². The first-order valence-corrected chi connectivity index (χ1v) is 13.1. The second-order valence-corrected chi connectivity index (χ2v) is 10.9. The lowest BCUT2D eigenvalue weighted by Gasteiger charge is -2.32. The van der Waals surface area contributed by atoms with E-state index in [2.05, 4.69) is 50.1 Å². The van der Waals surface area contributed by atoms with E-state index < -0.39 is 0 Å². The fourth-order valence-electron chi connectivity index (χ4n) is 5.82.